The summed E-state index contributed by atoms with van der Waals surface area (Å²) in [4.78, 5) is 16.2. The second kappa shape index (κ2) is 6.69. The number of carbonyl (C=O) groups is 1. The van der Waals surface area contributed by atoms with Crippen LogP contribution in [0.3, 0.4) is 0 Å². The number of anilines is 1. The molecular formula is C16H20N4O3S. The Bertz CT molecular complexity index is 747. The number of rotatable bonds is 2. The Hall–Kier alpha value is -2.27. The van der Waals surface area contributed by atoms with E-state index in [4.69, 9.17) is 5.26 Å². The summed E-state index contributed by atoms with van der Waals surface area (Å²) in [6.45, 7) is 2.60. The number of benzene rings is 1. The molecule has 3 rings (SSSR count). The molecule has 2 aliphatic rings. The normalized spacial score (nSPS) is 22.9. The average Bonchev–Trinajstić information content (AvgIpc) is 2.93. The molecule has 2 amide bonds. The molecule has 0 bridgehead atoms. The number of nitriles is 1. The minimum absolute atomic E-state index is 0.0456. The summed E-state index contributed by atoms with van der Waals surface area (Å²) in [6, 6.07) is 9.05. The molecule has 1 aromatic carbocycles. The van der Waals surface area contributed by atoms with Gasteiger partial charge in [-0.3, -0.25) is 0 Å². The van der Waals surface area contributed by atoms with Gasteiger partial charge in [0.25, 0.3) is 0 Å². The summed E-state index contributed by atoms with van der Waals surface area (Å²) >= 11 is 0. The Labute approximate surface area is 141 Å². The fourth-order valence-corrected chi connectivity index (χ4v) is 4.76. The Morgan fingerprint density at radius 2 is 1.83 bits per heavy atom. The van der Waals surface area contributed by atoms with Gasteiger partial charge in [0.2, 0.25) is 0 Å². The Morgan fingerprint density at radius 3 is 2.38 bits per heavy atom. The van der Waals surface area contributed by atoms with Crippen LogP contribution in [0.5, 0.6) is 0 Å². The third kappa shape index (κ3) is 3.79. The van der Waals surface area contributed by atoms with Crippen molar-refractivity contribution in [3.63, 3.8) is 0 Å². The number of amides is 2. The first-order chi connectivity index (χ1) is 11.5. The van der Waals surface area contributed by atoms with Crippen molar-refractivity contribution in [2.24, 2.45) is 0 Å². The topological polar surface area (TPSA) is 93.5 Å². The summed E-state index contributed by atoms with van der Waals surface area (Å²) in [7, 11) is -2.99. The zero-order chi connectivity index (χ0) is 17.2. The fraction of sp³-hybridized carbons (Fsp3) is 0.500. The summed E-state index contributed by atoms with van der Waals surface area (Å²) in [5.41, 5.74) is 1.67. The SMILES string of the molecule is N#Cc1ccc(N2CCN(C(=O)NC3CCS(=O)(=O)C3)CC2)cc1. The molecule has 0 radical (unpaired) electrons. The van der Waals surface area contributed by atoms with Crippen molar-refractivity contribution in [3.05, 3.63) is 29.8 Å². The van der Waals surface area contributed by atoms with Gasteiger partial charge in [-0.15, -0.1) is 0 Å². The highest BCUT2D eigenvalue weighted by molar-refractivity contribution is 7.91. The molecular weight excluding hydrogens is 328 g/mol. The first kappa shape index (κ1) is 16.6. The van der Waals surface area contributed by atoms with Gasteiger partial charge >= 0.3 is 6.03 Å². The van der Waals surface area contributed by atoms with Crippen molar-refractivity contribution in [3.8, 4) is 6.07 Å². The van der Waals surface area contributed by atoms with Crippen molar-refractivity contribution in [1.29, 1.82) is 5.26 Å². The third-order valence-electron chi connectivity index (χ3n) is 4.49. The first-order valence-electron chi connectivity index (χ1n) is 7.98. The number of carbonyl (C=O) groups excluding carboxylic acids is 1. The molecule has 2 saturated heterocycles. The number of urea groups is 1. The average molecular weight is 348 g/mol. The van der Waals surface area contributed by atoms with Crippen LogP contribution in [0, 0.1) is 11.3 Å². The fourth-order valence-electron chi connectivity index (χ4n) is 3.09. The highest BCUT2D eigenvalue weighted by Crippen LogP contribution is 2.17. The van der Waals surface area contributed by atoms with Gasteiger partial charge in [-0.1, -0.05) is 0 Å². The largest absolute Gasteiger partial charge is 0.368 e. The molecule has 1 N–H and O–H groups in total. The van der Waals surface area contributed by atoms with Gasteiger partial charge in [0.15, 0.2) is 9.84 Å². The van der Waals surface area contributed by atoms with E-state index in [2.05, 4.69) is 16.3 Å². The lowest BCUT2D eigenvalue weighted by Gasteiger charge is -2.36. The summed E-state index contributed by atoms with van der Waals surface area (Å²) in [5.74, 6) is 0.203. The van der Waals surface area contributed by atoms with Crippen molar-refractivity contribution in [1.82, 2.24) is 10.2 Å². The standard InChI is InChI=1S/C16H20N4O3S/c17-11-13-1-3-15(4-2-13)19-6-8-20(9-7-19)16(21)18-14-5-10-24(22,23)12-14/h1-4,14H,5-10,12H2,(H,18,21). The molecule has 8 heteroatoms. The van der Waals surface area contributed by atoms with Crippen molar-refractivity contribution >= 4 is 21.6 Å². The molecule has 24 heavy (non-hydrogen) atoms. The van der Waals surface area contributed by atoms with Gasteiger partial charge in [-0.25, -0.2) is 13.2 Å². The van der Waals surface area contributed by atoms with Crippen LogP contribution in [0.1, 0.15) is 12.0 Å². The molecule has 7 nitrogen and oxygen atoms in total. The Morgan fingerprint density at radius 1 is 1.17 bits per heavy atom. The van der Waals surface area contributed by atoms with Gasteiger partial charge in [0.1, 0.15) is 0 Å². The van der Waals surface area contributed by atoms with E-state index in [-0.39, 0.29) is 23.6 Å². The highest BCUT2D eigenvalue weighted by Gasteiger charge is 2.30. The van der Waals surface area contributed by atoms with Crippen LogP contribution in [-0.4, -0.2) is 63.1 Å². The van der Waals surface area contributed by atoms with E-state index >= 15 is 0 Å². The maximum atomic E-state index is 12.3. The van der Waals surface area contributed by atoms with Crippen LogP contribution in [0.4, 0.5) is 10.5 Å². The predicted molar refractivity (Wildman–Crippen MR) is 90.5 cm³/mol. The number of sulfone groups is 1. The summed E-state index contributed by atoms with van der Waals surface area (Å²) in [6.07, 6.45) is 0.499. The van der Waals surface area contributed by atoms with Crippen LogP contribution in [0.2, 0.25) is 0 Å². The zero-order valence-corrected chi connectivity index (χ0v) is 14.1. The van der Waals surface area contributed by atoms with E-state index in [0.29, 0.717) is 38.2 Å². The quantitative estimate of drug-likeness (QED) is 0.844. The van der Waals surface area contributed by atoms with Gasteiger partial charge in [-0.2, -0.15) is 5.26 Å². The monoisotopic (exact) mass is 348 g/mol. The van der Waals surface area contributed by atoms with E-state index in [1.54, 1.807) is 17.0 Å². The second-order valence-corrected chi connectivity index (χ2v) is 8.41. The minimum atomic E-state index is -2.99. The summed E-state index contributed by atoms with van der Waals surface area (Å²) < 4.78 is 22.9. The van der Waals surface area contributed by atoms with Crippen molar-refractivity contribution in [2.45, 2.75) is 12.5 Å². The molecule has 0 saturated carbocycles. The van der Waals surface area contributed by atoms with Crippen molar-refractivity contribution in [2.75, 3.05) is 42.6 Å². The number of nitrogens with zero attached hydrogens (tertiary/aromatic N) is 3. The third-order valence-corrected chi connectivity index (χ3v) is 6.26. The highest BCUT2D eigenvalue weighted by atomic mass is 32.2. The Kier molecular flexibility index (Phi) is 4.62. The van der Waals surface area contributed by atoms with E-state index in [9.17, 15) is 13.2 Å². The molecule has 2 fully saturated rings. The number of piperazine rings is 1. The molecule has 2 heterocycles. The van der Waals surface area contributed by atoms with Gasteiger partial charge in [0, 0.05) is 37.9 Å². The van der Waals surface area contributed by atoms with E-state index in [1.807, 2.05) is 12.1 Å². The molecule has 1 unspecified atom stereocenters. The molecule has 2 aliphatic heterocycles. The Balaban J connectivity index is 1.51. The van der Waals surface area contributed by atoms with E-state index in [0.717, 1.165) is 5.69 Å². The maximum Gasteiger partial charge on any atom is 0.317 e. The number of nitrogens with one attached hydrogen (secondary N) is 1. The molecule has 0 aliphatic carbocycles. The van der Waals surface area contributed by atoms with Crippen molar-refractivity contribution < 1.29 is 13.2 Å². The van der Waals surface area contributed by atoms with Crippen LogP contribution >= 0.6 is 0 Å². The first-order valence-corrected chi connectivity index (χ1v) is 9.80. The maximum absolute atomic E-state index is 12.3. The van der Waals surface area contributed by atoms with Crippen LogP contribution in [0.15, 0.2) is 24.3 Å². The molecule has 0 spiro atoms. The minimum Gasteiger partial charge on any atom is -0.368 e. The summed E-state index contributed by atoms with van der Waals surface area (Å²) in [5, 5.41) is 11.7. The smallest absolute Gasteiger partial charge is 0.317 e. The second-order valence-electron chi connectivity index (χ2n) is 6.18. The van der Waals surface area contributed by atoms with E-state index < -0.39 is 9.84 Å². The van der Waals surface area contributed by atoms with Gasteiger partial charge < -0.3 is 15.1 Å². The predicted octanol–water partition coefficient (Wildman–Crippen LogP) is 0.577. The van der Waals surface area contributed by atoms with Crippen LogP contribution in [0.25, 0.3) is 0 Å². The number of hydrogen-bond acceptors (Lipinski definition) is 5. The van der Waals surface area contributed by atoms with Gasteiger partial charge in [0.05, 0.1) is 23.1 Å². The van der Waals surface area contributed by atoms with Crippen LogP contribution < -0.4 is 10.2 Å². The lowest BCUT2D eigenvalue weighted by molar-refractivity contribution is 0.191. The van der Waals surface area contributed by atoms with Gasteiger partial charge in [-0.05, 0) is 30.7 Å². The van der Waals surface area contributed by atoms with Crippen LogP contribution in [-0.2, 0) is 9.84 Å². The lowest BCUT2D eigenvalue weighted by Crippen LogP contribution is -2.53. The molecule has 128 valence electrons. The number of hydrogen-bond donors (Lipinski definition) is 1. The zero-order valence-electron chi connectivity index (χ0n) is 13.3. The molecule has 1 aromatic rings. The molecule has 1 atom stereocenters. The lowest BCUT2D eigenvalue weighted by atomic mass is 10.2. The molecule has 0 aromatic heterocycles. The van der Waals surface area contributed by atoms with E-state index in [1.165, 1.54) is 0 Å².